The molecule has 3 nitrogen and oxygen atoms in total. The van der Waals surface area contributed by atoms with E-state index in [4.69, 9.17) is 0 Å². The van der Waals surface area contributed by atoms with E-state index in [-0.39, 0.29) is 5.97 Å². The number of methoxy groups -OCH3 is 1. The van der Waals surface area contributed by atoms with Crippen molar-refractivity contribution < 1.29 is 9.53 Å². The molecule has 0 amide bonds. The van der Waals surface area contributed by atoms with Crippen LogP contribution >= 0.6 is 0 Å². The molecule has 1 aromatic rings. The molecule has 86 valence electrons. The van der Waals surface area contributed by atoms with Crippen LogP contribution in [0, 0.1) is 0 Å². The quantitative estimate of drug-likeness (QED) is 0.451. The highest BCUT2D eigenvalue weighted by Gasteiger charge is 1.91. The summed E-state index contributed by atoms with van der Waals surface area (Å²) in [5, 5.41) is 3.04. The molecule has 0 unspecified atom stereocenters. The lowest BCUT2D eigenvalue weighted by molar-refractivity contribution is -0.134. The van der Waals surface area contributed by atoms with Gasteiger partial charge in [0.05, 0.1) is 7.11 Å². The van der Waals surface area contributed by atoms with E-state index in [1.807, 2.05) is 18.2 Å². The van der Waals surface area contributed by atoms with Gasteiger partial charge in [-0.3, -0.25) is 0 Å². The van der Waals surface area contributed by atoms with Crippen molar-refractivity contribution >= 4 is 5.97 Å². The lowest BCUT2D eigenvalue weighted by Gasteiger charge is -2.01. The van der Waals surface area contributed by atoms with Crippen molar-refractivity contribution in [2.75, 3.05) is 13.7 Å². The van der Waals surface area contributed by atoms with Crippen LogP contribution in [0.1, 0.15) is 12.0 Å². The van der Waals surface area contributed by atoms with Crippen molar-refractivity contribution in [1.82, 2.24) is 5.32 Å². The summed E-state index contributed by atoms with van der Waals surface area (Å²) in [5.41, 5.74) is 1.33. The van der Waals surface area contributed by atoms with Gasteiger partial charge in [-0.15, -0.1) is 0 Å². The highest BCUT2D eigenvalue weighted by molar-refractivity contribution is 5.81. The average molecular weight is 219 g/mol. The first-order valence-electron chi connectivity index (χ1n) is 5.34. The number of ether oxygens (including phenoxy) is 1. The van der Waals surface area contributed by atoms with E-state index in [0.717, 1.165) is 19.4 Å². The summed E-state index contributed by atoms with van der Waals surface area (Å²) in [6.45, 7) is 0.850. The summed E-state index contributed by atoms with van der Waals surface area (Å²) in [6.07, 6.45) is 5.08. The van der Waals surface area contributed by atoms with Gasteiger partial charge in [0.25, 0.3) is 0 Å². The fraction of sp³-hybridized carbons (Fsp3) is 0.308. The molecular formula is C13H17NO2. The average Bonchev–Trinajstić information content (AvgIpc) is 2.34. The van der Waals surface area contributed by atoms with E-state index in [2.05, 4.69) is 22.2 Å². The largest absolute Gasteiger partial charge is 0.466 e. The second kappa shape index (κ2) is 7.51. The third kappa shape index (κ3) is 5.20. The molecule has 0 atom stereocenters. The Labute approximate surface area is 96.1 Å². The zero-order chi connectivity index (χ0) is 11.6. The smallest absolute Gasteiger partial charge is 0.331 e. The van der Waals surface area contributed by atoms with Crippen molar-refractivity contribution in [1.29, 1.82) is 0 Å². The molecule has 0 saturated heterocycles. The van der Waals surface area contributed by atoms with Gasteiger partial charge in [0, 0.05) is 18.8 Å². The minimum Gasteiger partial charge on any atom is -0.466 e. The molecule has 1 rings (SSSR count). The van der Waals surface area contributed by atoms with Crippen LogP contribution in [0.25, 0.3) is 0 Å². The first-order chi connectivity index (χ1) is 7.83. The molecule has 0 saturated carbocycles. The molecule has 0 spiro atoms. The summed E-state index contributed by atoms with van der Waals surface area (Å²) in [6, 6.07) is 10.3. The van der Waals surface area contributed by atoms with Crippen molar-refractivity contribution in [3.8, 4) is 0 Å². The van der Waals surface area contributed by atoms with Gasteiger partial charge in [-0.25, -0.2) is 4.79 Å². The van der Waals surface area contributed by atoms with Crippen LogP contribution in [0.4, 0.5) is 0 Å². The van der Waals surface area contributed by atoms with Crippen LogP contribution < -0.4 is 5.32 Å². The number of esters is 1. The number of rotatable bonds is 6. The zero-order valence-electron chi connectivity index (χ0n) is 9.48. The van der Waals surface area contributed by atoms with Crippen LogP contribution in [0.3, 0.4) is 0 Å². The van der Waals surface area contributed by atoms with E-state index in [0.29, 0.717) is 0 Å². The Morgan fingerprint density at radius 3 is 2.81 bits per heavy atom. The second-order valence-electron chi connectivity index (χ2n) is 3.40. The number of hydrogen-bond donors (Lipinski definition) is 1. The Morgan fingerprint density at radius 1 is 1.38 bits per heavy atom. The summed E-state index contributed by atoms with van der Waals surface area (Å²) in [5.74, 6) is -0.337. The minimum absolute atomic E-state index is 0.337. The predicted octanol–water partition coefficient (Wildman–Crippen LogP) is 1.90. The lowest BCUT2D eigenvalue weighted by Crippen LogP contribution is -2.09. The van der Waals surface area contributed by atoms with E-state index in [1.165, 1.54) is 18.7 Å². The maximum atomic E-state index is 10.7. The minimum atomic E-state index is -0.337. The molecular weight excluding hydrogens is 202 g/mol. The van der Waals surface area contributed by atoms with Crippen molar-refractivity contribution in [2.45, 2.75) is 12.8 Å². The van der Waals surface area contributed by atoms with Gasteiger partial charge in [-0.1, -0.05) is 30.3 Å². The molecule has 16 heavy (non-hydrogen) atoms. The fourth-order valence-corrected chi connectivity index (χ4v) is 1.32. The summed E-state index contributed by atoms with van der Waals surface area (Å²) >= 11 is 0. The van der Waals surface area contributed by atoms with E-state index < -0.39 is 0 Å². The highest BCUT2D eigenvalue weighted by Crippen LogP contribution is 2.01. The monoisotopic (exact) mass is 219 g/mol. The summed E-state index contributed by atoms with van der Waals surface area (Å²) in [7, 11) is 1.36. The second-order valence-corrected chi connectivity index (χ2v) is 3.40. The molecule has 0 fully saturated rings. The Kier molecular flexibility index (Phi) is 5.78. The van der Waals surface area contributed by atoms with Gasteiger partial charge >= 0.3 is 5.97 Å². The van der Waals surface area contributed by atoms with Crippen molar-refractivity contribution in [3.63, 3.8) is 0 Å². The number of hydrogen-bond acceptors (Lipinski definition) is 3. The van der Waals surface area contributed by atoms with Gasteiger partial charge in [-0.05, 0) is 18.4 Å². The Hall–Kier alpha value is -1.77. The Morgan fingerprint density at radius 2 is 2.12 bits per heavy atom. The maximum absolute atomic E-state index is 10.7. The predicted molar refractivity (Wildman–Crippen MR) is 63.9 cm³/mol. The van der Waals surface area contributed by atoms with Crippen LogP contribution in [-0.2, 0) is 16.0 Å². The third-order valence-corrected chi connectivity index (χ3v) is 2.17. The van der Waals surface area contributed by atoms with Gasteiger partial charge < -0.3 is 10.1 Å². The fourth-order valence-electron chi connectivity index (χ4n) is 1.32. The van der Waals surface area contributed by atoms with Crippen LogP contribution in [0.5, 0.6) is 0 Å². The molecule has 1 N–H and O–H groups in total. The van der Waals surface area contributed by atoms with Crippen LogP contribution in [0.2, 0.25) is 0 Å². The molecule has 0 aromatic heterocycles. The Balaban J connectivity index is 2.09. The molecule has 0 aliphatic rings. The molecule has 1 aromatic carbocycles. The maximum Gasteiger partial charge on any atom is 0.331 e. The van der Waals surface area contributed by atoms with Gasteiger partial charge in [0.2, 0.25) is 0 Å². The van der Waals surface area contributed by atoms with E-state index in [9.17, 15) is 4.79 Å². The number of carbonyl (C=O) groups is 1. The molecule has 0 aliphatic carbocycles. The molecule has 3 heteroatoms. The number of benzene rings is 1. The first kappa shape index (κ1) is 12.3. The lowest BCUT2D eigenvalue weighted by atomic mass is 10.1. The molecule has 0 bridgehead atoms. The third-order valence-electron chi connectivity index (χ3n) is 2.17. The normalized spacial score (nSPS) is 10.3. The number of nitrogens with one attached hydrogen (secondary N) is 1. The topological polar surface area (TPSA) is 38.3 Å². The zero-order valence-corrected chi connectivity index (χ0v) is 9.48. The van der Waals surface area contributed by atoms with Crippen LogP contribution in [0.15, 0.2) is 42.6 Å². The van der Waals surface area contributed by atoms with E-state index in [1.54, 1.807) is 6.20 Å². The summed E-state index contributed by atoms with van der Waals surface area (Å²) < 4.78 is 4.46. The Bertz CT molecular complexity index is 333. The molecule has 0 radical (unpaired) electrons. The van der Waals surface area contributed by atoms with E-state index >= 15 is 0 Å². The molecule has 0 heterocycles. The number of aryl methyl sites for hydroxylation is 1. The van der Waals surface area contributed by atoms with Crippen molar-refractivity contribution in [2.24, 2.45) is 0 Å². The molecule has 0 aliphatic heterocycles. The first-order valence-corrected chi connectivity index (χ1v) is 5.34. The number of carbonyl (C=O) groups excluding carboxylic acids is 1. The van der Waals surface area contributed by atoms with Gasteiger partial charge in [0.15, 0.2) is 0 Å². The SMILES string of the molecule is COC(=O)/C=C/NCCCc1ccccc1. The summed E-state index contributed by atoms with van der Waals surface area (Å²) in [4.78, 5) is 10.7. The van der Waals surface area contributed by atoms with Gasteiger partial charge in [-0.2, -0.15) is 0 Å². The van der Waals surface area contributed by atoms with Crippen LogP contribution in [-0.4, -0.2) is 19.6 Å². The standard InChI is InChI=1S/C13H17NO2/c1-16-13(15)9-11-14-10-5-8-12-6-3-2-4-7-12/h2-4,6-7,9,11,14H,5,8,10H2,1H3/b11-9+. The highest BCUT2D eigenvalue weighted by atomic mass is 16.5. The van der Waals surface area contributed by atoms with Gasteiger partial charge in [0.1, 0.15) is 0 Å². The van der Waals surface area contributed by atoms with Crippen molar-refractivity contribution in [3.05, 3.63) is 48.2 Å².